The first-order valence-electron chi connectivity index (χ1n) is 11.9. The molecule has 0 aromatic carbocycles. The largest absolute Gasteiger partial charge is 0.494 e. The van der Waals surface area contributed by atoms with Gasteiger partial charge in [0.05, 0.1) is 13.3 Å². The lowest BCUT2D eigenvalue weighted by Crippen LogP contribution is -2.31. The Hall–Kier alpha value is -3.27. The number of nitriles is 1. The molecule has 0 spiro atoms. The van der Waals surface area contributed by atoms with E-state index in [1.165, 1.54) is 23.9 Å². The van der Waals surface area contributed by atoms with Gasteiger partial charge in [-0.1, -0.05) is 26.7 Å². The summed E-state index contributed by atoms with van der Waals surface area (Å²) in [6.07, 6.45) is 0.604. The van der Waals surface area contributed by atoms with Crippen LogP contribution in [0.4, 0.5) is 13.2 Å². The number of imidazole rings is 1. The molecule has 0 atom stereocenters. The van der Waals surface area contributed by atoms with Crippen LogP contribution in [0.1, 0.15) is 73.7 Å². The Bertz CT molecular complexity index is 1150. The quantitative estimate of drug-likeness (QED) is 0.533. The monoisotopic (exact) mass is 541 g/mol. The van der Waals surface area contributed by atoms with Crippen molar-refractivity contribution in [2.75, 3.05) is 13.7 Å². The van der Waals surface area contributed by atoms with Crippen LogP contribution in [0.3, 0.4) is 0 Å². The molecule has 1 N–H and O–H groups in total. The summed E-state index contributed by atoms with van der Waals surface area (Å²) in [7, 11) is 1.39. The Labute approximate surface area is 217 Å². The Kier molecular flexibility index (Phi) is 11.2. The molecule has 1 aliphatic carbocycles. The number of carbonyl (C=O) groups excluding carboxylic acids is 1. The summed E-state index contributed by atoms with van der Waals surface area (Å²) < 4.78 is 61.3. The number of nitrogens with one attached hydrogen (secondary N) is 1. The van der Waals surface area contributed by atoms with E-state index in [1.807, 2.05) is 6.92 Å². The van der Waals surface area contributed by atoms with E-state index in [4.69, 9.17) is 13.2 Å². The molecule has 37 heavy (non-hydrogen) atoms. The van der Waals surface area contributed by atoms with E-state index in [0.717, 1.165) is 25.7 Å². The van der Waals surface area contributed by atoms with Crippen molar-refractivity contribution >= 4 is 17.5 Å². The predicted molar refractivity (Wildman–Crippen MR) is 129 cm³/mol. The average Bonchev–Trinajstić information content (AvgIpc) is 3.25. The molecule has 202 valence electrons. The van der Waals surface area contributed by atoms with Crippen molar-refractivity contribution in [2.24, 2.45) is 11.8 Å². The minimum Gasteiger partial charge on any atom is -0.494 e. The number of hydrogen-bond donors (Lipinski definition) is 1. The Balaban J connectivity index is 0.00000153. The van der Waals surface area contributed by atoms with Crippen molar-refractivity contribution in [1.29, 1.82) is 5.26 Å². The van der Waals surface area contributed by atoms with Crippen molar-refractivity contribution < 1.29 is 31.1 Å². The van der Waals surface area contributed by atoms with E-state index in [9.17, 15) is 23.2 Å². The molecule has 0 saturated heterocycles. The summed E-state index contributed by atoms with van der Waals surface area (Å²) in [5.74, 6) is 1.41. The highest BCUT2D eigenvalue weighted by atomic mass is 32.1. The molecule has 2 aromatic heterocycles. The van der Waals surface area contributed by atoms with Crippen molar-refractivity contribution in [1.82, 2.24) is 19.9 Å². The number of methoxy groups -OCH3 is 1. The van der Waals surface area contributed by atoms with Gasteiger partial charge in [-0.2, -0.15) is 26.9 Å². The van der Waals surface area contributed by atoms with Gasteiger partial charge < -0.3 is 10.1 Å². The highest BCUT2D eigenvalue weighted by molar-refractivity contribution is 7.51. The van der Waals surface area contributed by atoms with Crippen LogP contribution in [0.5, 0.6) is 5.75 Å². The first kappa shape index (κ1) is 30.0. The molecular weight excluding hydrogens is 511 g/mol. The Morgan fingerprint density at radius 1 is 1.30 bits per heavy atom. The van der Waals surface area contributed by atoms with E-state index in [0.29, 0.717) is 36.3 Å². The number of rotatable bonds is 8. The van der Waals surface area contributed by atoms with Gasteiger partial charge in [0.15, 0.2) is 11.4 Å². The third kappa shape index (κ3) is 8.38. The average molecular weight is 542 g/mol. The number of carbonyl (C=O) groups is 1. The second kappa shape index (κ2) is 13.9. The zero-order valence-corrected chi connectivity index (χ0v) is 21.7. The van der Waals surface area contributed by atoms with E-state index in [-0.39, 0.29) is 29.3 Å². The molecule has 0 unspecified atom stereocenters. The van der Waals surface area contributed by atoms with Gasteiger partial charge in [-0.15, -0.1) is 0 Å². The highest BCUT2D eigenvalue weighted by Crippen LogP contribution is 2.30. The van der Waals surface area contributed by atoms with E-state index in [2.05, 4.69) is 28.3 Å². The summed E-state index contributed by atoms with van der Waals surface area (Å²) in [6.45, 7) is 4.60. The van der Waals surface area contributed by atoms with Gasteiger partial charge in [0, 0.05) is 31.1 Å². The lowest BCUT2D eigenvalue weighted by Gasteiger charge is -2.26. The fourth-order valence-electron chi connectivity index (χ4n) is 4.29. The van der Waals surface area contributed by atoms with Crippen molar-refractivity contribution in [3.05, 3.63) is 35.2 Å². The van der Waals surface area contributed by atoms with Gasteiger partial charge in [0.25, 0.3) is 5.91 Å². The van der Waals surface area contributed by atoms with Gasteiger partial charge in [-0.25, -0.2) is 4.98 Å². The van der Waals surface area contributed by atoms with Gasteiger partial charge in [0.2, 0.25) is 0 Å². The number of alkyl halides is 3. The van der Waals surface area contributed by atoms with Gasteiger partial charge in [-0.3, -0.25) is 14.3 Å². The zero-order valence-electron chi connectivity index (χ0n) is 20.9. The second-order valence-corrected chi connectivity index (χ2v) is 9.03. The van der Waals surface area contributed by atoms with Gasteiger partial charge >= 0.3 is 17.7 Å². The summed E-state index contributed by atoms with van der Waals surface area (Å²) in [5.41, 5.74) is 0.621. The third-order valence-corrected chi connectivity index (χ3v) is 6.30. The Morgan fingerprint density at radius 2 is 1.95 bits per heavy atom. The molecule has 0 bridgehead atoms. The normalized spacial score (nSPS) is 17.2. The van der Waals surface area contributed by atoms with Crippen LogP contribution in [0.2, 0.25) is 0 Å². The third-order valence-electron chi connectivity index (χ3n) is 6.30. The molecule has 1 amide bonds. The SMILES string of the molecule is CCc1nc(C(=O)NCC2CCC(C)CC2)c(C#N)n1-c1cnc(CCC(F)(F)F)cc1OC.O=S=O. The summed E-state index contributed by atoms with van der Waals surface area (Å²) in [5, 5.41) is 12.8. The summed E-state index contributed by atoms with van der Waals surface area (Å²) in [4.78, 5) is 21.5. The number of hydrogen-bond acceptors (Lipinski definition) is 7. The van der Waals surface area contributed by atoms with Gasteiger partial charge in [-0.05, 0) is 31.1 Å². The maximum Gasteiger partial charge on any atom is 0.389 e. The van der Waals surface area contributed by atoms with Crippen LogP contribution in [0, 0.1) is 23.2 Å². The molecule has 1 saturated carbocycles. The van der Waals surface area contributed by atoms with Gasteiger partial charge in [0.1, 0.15) is 23.3 Å². The van der Waals surface area contributed by atoms with Crippen LogP contribution in [-0.2, 0) is 24.4 Å². The lowest BCUT2D eigenvalue weighted by atomic mass is 9.83. The molecule has 0 radical (unpaired) electrons. The van der Waals surface area contributed by atoms with Crippen LogP contribution >= 0.6 is 0 Å². The lowest BCUT2D eigenvalue weighted by molar-refractivity contribution is -0.134. The van der Waals surface area contributed by atoms with Crippen LogP contribution in [-0.4, -0.2) is 48.7 Å². The standard InChI is InChI=1S/C24H30F3N5O2.O2S/c1-4-21-31-22(23(33)30-13-16-7-5-15(2)6-8-16)18(12-28)32(21)19-14-29-17(11-20(19)34-3)9-10-24(25,26)27;1-3-2/h11,14-16H,4-10,13H2,1-3H3,(H,30,33);. The van der Waals surface area contributed by atoms with E-state index in [1.54, 1.807) is 0 Å². The fourth-order valence-corrected chi connectivity index (χ4v) is 4.29. The molecular formula is C24H30F3N5O4S. The molecule has 1 fully saturated rings. The van der Waals surface area contributed by atoms with Crippen molar-refractivity contribution in [3.8, 4) is 17.5 Å². The first-order valence-corrected chi connectivity index (χ1v) is 12.6. The van der Waals surface area contributed by atoms with Crippen LogP contribution in [0.25, 0.3) is 5.69 Å². The fraction of sp³-hybridized carbons (Fsp3) is 0.583. The number of pyridine rings is 1. The summed E-state index contributed by atoms with van der Waals surface area (Å²) >= 11 is -0.750. The second-order valence-electron chi connectivity index (χ2n) is 8.89. The summed E-state index contributed by atoms with van der Waals surface area (Å²) in [6, 6.07) is 3.48. The minimum atomic E-state index is -4.29. The zero-order chi connectivity index (χ0) is 27.6. The molecule has 3 rings (SSSR count). The number of aromatic nitrogens is 3. The molecule has 13 heteroatoms. The first-order chi connectivity index (χ1) is 17.6. The number of halogens is 3. The molecule has 2 heterocycles. The number of ether oxygens (including phenoxy) is 1. The molecule has 9 nitrogen and oxygen atoms in total. The van der Waals surface area contributed by atoms with Crippen LogP contribution in [0.15, 0.2) is 12.3 Å². The predicted octanol–water partition coefficient (Wildman–Crippen LogP) is 4.09. The number of amides is 1. The van der Waals surface area contributed by atoms with Crippen molar-refractivity contribution in [2.45, 2.75) is 65.0 Å². The molecule has 2 aromatic rings. The number of aryl methyl sites for hydroxylation is 2. The van der Waals surface area contributed by atoms with Crippen molar-refractivity contribution in [3.63, 3.8) is 0 Å². The maximum absolute atomic E-state index is 12.9. The topological polar surface area (TPSA) is 127 Å². The smallest absolute Gasteiger partial charge is 0.389 e. The minimum absolute atomic E-state index is 0.0201. The van der Waals surface area contributed by atoms with E-state index < -0.39 is 30.1 Å². The highest BCUT2D eigenvalue weighted by Gasteiger charge is 2.28. The molecule has 1 aliphatic rings. The maximum atomic E-state index is 12.9. The van der Waals surface area contributed by atoms with Crippen LogP contribution < -0.4 is 10.1 Å². The van der Waals surface area contributed by atoms with E-state index >= 15 is 0 Å². The number of nitrogens with zero attached hydrogens (tertiary/aromatic N) is 4. The Morgan fingerprint density at radius 3 is 2.49 bits per heavy atom. The molecule has 0 aliphatic heterocycles.